The van der Waals surface area contributed by atoms with Gasteiger partial charge in [0.15, 0.2) is 0 Å². The molecular formula is C9H11BrF3N3O. The predicted molar refractivity (Wildman–Crippen MR) is 60.2 cm³/mol. The molecule has 0 N–H and O–H groups in total. The van der Waals surface area contributed by atoms with E-state index in [-0.39, 0.29) is 18.4 Å². The van der Waals surface area contributed by atoms with E-state index in [2.05, 4.69) is 25.9 Å². The molecule has 8 heteroatoms. The van der Waals surface area contributed by atoms with Crippen LogP contribution in [0.1, 0.15) is 6.92 Å². The minimum atomic E-state index is -4.29. The van der Waals surface area contributed by atoms with Crippen molar-refractivity contribution in [2.24, 2.45) is 0 Å². The molecule has 0 aliphatic rings. The van der Waals surface area contributed by atoms with Crippen LogP contribution in [0.25, 0.3) is 0 Å². The molecule has 0 spiro atoms. The predicted octanol–water partition coefficient (Wildman–Crippen LogP) is 2.64. The maximum atomic E-state index is 12.3. The van der Waals surface area contributed by atoms with Crippen molar-refractivity contribution in [2.45, 2.75) is 13.1 Å². The van der Waals surface area contributed by atoms with Gasteiger partial charge in [0.2, 0.25) is 11.8 Å². The highest BCUT2D eigenvalue weighted by Crippen LogP contribution is 2.25. The Labute approximate surface area is 105 Å². The lowest BCUT2D eigenvalue weighted by Gasteiger charge is -2.22. The van der Waals surface area contributed by atoms with E-state index in [4.69, 9.17) is 4.74 Å². The first-order valence-corrected chi connectivity index (χ1v) is 5.55. The van der Waals surface area contributed by atoms with Gasteiger partial charge in [-0.3, -0.25) is 0 Å². The lowest BCUT2D eigenvalue weighted by Crippen LogP contribution is -2.35. The Balaban J connectivity index is 2.96. The molecule has 0 bridgehead atoms. The van der Waals surface area contributed by atoms with Crippen molar-refractivity contribution in [3.63, 3.8) is 0 Å². The van der Waals surface area contributed by atoms with Crippen molar-refractivity contribution < 1.29 is 17.9 Å². The Morgan fingerprint density at radius 2 is 2.12 bits per heavy atom. The second kappa shape index (κ2) is 5.52. The summed E-state index contributed by atoms with van der Waals surface area (Å²) in [5.74, 6) is 0.195. The summed E-state index contributed by atoms with van der Waals surface area (Å²) in [5.41, 5.74) is 0. The molecule has 1 aromatic rings. The Morgan fingerprint density at radius 3 is 2.59 bits per heavy atom. The first-order valence-electron chi connectivity index (χ1n) is 4.75. The Morgan fingerprint density at radius 1 is 1.47 bits per heavy atom. The molecule has 0 saturated heterocycles. The van der Waals surface area contributed by atoms with Gasteiger partial charge in [-0.1, -0.05) is 0 Å². The maximum absolute atomic E-state index is 12.3. The molecule has 1 rings (SSSR count). The van der Waals surface area contributed by atoms with E-state index >= 15 is 0 Å². The highest BCUT2D eigenvalue weighted by atomic mass is 79.9. The molecule has 0 aromatic carbocycles. The fraction of sp³-hybridized carbons (Fsp3) is 0.556. The average Bonchev–Trinajstić information content (AvgIpc) is 2.25. The average molecular weight is 314 g/mol. The van der Waals surface area contributed by atoms with Crippen LogP contribution in [0.2, 0.25) is 0 Å². The van der Waals surface area contributed by atoms with E-state index in [9.17, 15) is 13.2 Å². The number of halogens is 4. The highest BCUT2D eigenvalue weighted by molar-refractivity contribution is 9.10. The maximum Gasteiger partial charge on any atom is 0.406 e. The highest BCUT2D eigenvalue weighted by Gasteiger charge is 2.31. The third-order valence-electron chi connectivity index (χ3n) is 1.93. The number of methoxy groups -OCH3 is 1. The van der Waals surface area contributed by atoms with Crippen LogP contribution in [-0.4, -0.2) is 36.3 Å². The van der Waals surface area contributed by atoms with Gasteiger partial charge in [0, 0.05) is 6.54 Å². The zero-order chi connectivity index (χ0) is 13.1. The van der Waals surface area contributed by atoms with Gasteiger partial charge in [0.25, 0.3) is 0 Å². The SMILES string of the molecule is CCN(CC(F)(F)F)c1ncc(Br)c(OC)n1. The number of alkyl halides is 3. The van der Waals surface area contributed by atoms with E-state index in [0.29, 0.717) is 4.47 Å². The summed E-state index contributed by atoms with van der Waals surface area (Å²) < 4.78 is 42.3. The number of nitrogens with zero attached hydrogens (tertiary/aromatic N) is 3. The Hall–Kier alpha value is -1.05. The number of aromatic nitrogens is 2. The normalized spacial score (nSPS) is 11.4. The monoisotopic (exact) mass is 313 g/mol. The largest absolute Gasteiger partial charge is 0.480 e. The van der Waals surface area contributed by atoms with E-state index in [0.717, 1.165) is 4.90 Å². The number of ether oxygens (including phenoxy) is 1. The molecule has 1 aromatic heterocycles. The van der Waals surface area contributed by atoms with Crippen LogP contribution < -0.4 is 9.64 Å². The molecule has 4 nitrogen and oxygen atoms in total. The molecular weight excluding hydrogens is 303 g/mol. The first-order chi connectivity index (χ1) is 7.87. The second-order valence-electron chi connectivity index (χ2n) is 3.16. The molecule has 0 aliphatic carbocycles. The summed E-state index contributed by atoms with van der Waals surface area (Å²) in [6.45, 7) is 0.669. The molecule has 0 saturated carbocycles. The van der Waals surface area contributed by atoms with Gasteiger partial charge in [-0.05, 0) is 22.9 Å². The van der Waals surface area contributed by atoms with Gasteiger partial charge < -0.3 is 9.64 Å². The van der Waals surface area contributed by atoms with Crippen molar-refractivity contribution in [1.82, 2.24) is 9.97 Å². The van der Waals surface area contributed by atoms with Crippen molar-refractivity contribution in [2.75, 3.05) is 25.1 Å². The van der Waals surface area contributed by atoms with Gasteiger partial charge in [-0.2, -0.15) is 18.2 Å². The van der Waals surface area contributed by atoms with Crippen molar-refractivity contribution >= 4 is 21.9 Å². The summed E-state index contributed by atoms with van der Waals surface area (Å²) in [6.07, 6.45) is -2.93. The summed E-state index contributed by atoms with van der Waals surface area (Å²) in [4.78, 5) is 8.74. The zero-order valence-electron chi connectivity index (χ0n) is 9.25. The Kier molecular flexibility index (Phi) is 4.55. The van der Waals surface area contributed by atoms with Crippen LogP contribution in [0.15, 0.2) is 10.7 Å². The smallest absolute Gasteiger partial charge is 0.406 e. The van der Waals surface area contributed by atoms with Crippen LogP contribution in [0.3, 0.4) is 0 Å². The number of hydrogen-bond donors (Lipinski definition) is 0. The van der Waals surface area contributed by atoms with Crippen LogP contribution in [-0.2, 0) is 0 Å². The van der Waals surface area contributed by atoms with Crippen LogP contribution in [0.4, 0.5) is 19.1 Å². The number of hydrogen-bond acceptors (Lipinski definition) is 4. The summed E-state index contributed by atoms with van der Waals surface area (Å²) in [6, 6.07) is 0. The van der Waals surface area contributed by atoms with Crippen molar-refractivity contribution in [1.29, 1.82) is 0 Å². The quantitative estimate of drug-likeness (QED) is 0.856. The summed E-state index contributed by atoms with van der Waals surface area (Å²) in [7, 11) is 1.39. The molecule has 0 atom stereocenters. The molecule has 0 unspecified atom stereocenters. The Bertz CT molecular complexity index is 386. The zero-order valence-corrected chi connectivity index (χ0v) is 10.8. The fourth-order valence-corrected chi connectivity index (χ4v) is 1.53. The second-order valence-corrected chi connectivity index (χ2v) is 4.01. The van der Waals surface area contributed by atoms with E-state index in [1.54, 1.807) is 6.92 Å². The van der Waals surface area contributed by atoms with Crippen LogP contribution in [0, 0.1) is 0 Å². The standard InChI is InChI=1S/C9H11BrF3N3O/c1-3-16(5-9(11,12)13)8-14-4-6(10)7(15-8)17-2/h4H,3,5H2,1-2H3. The molecule has 0 radical (unpaired) electrons. The molecule has 0 amide bonds. The molecule has 17 heavy (non-hydrogen) atoms. The molecule has 0 aliphatic heterocycles. The van der Waals surface area contributed by atoms with Gasteiger partial charge in [-0.15, -0.1) is 0 Å². The molecule has 1 heterocycles. The van der Waals surface area contributed by atoms with Crippen LogP contribution in [0.5, 0.6) is 5.88 Å². The lowest BCUT2D eigenvalue weighted by atomic mass is 10.5. The third-order valence-corrected chi connectivity index (χ3v) is 2.47. The summed E-state index contributed by atoms with van der Waals surface area (Å²) >= 11 is 3.13. The fourth-order valence-electron chi connectivity index (χ4n) is 1.18. The van der Waals surface area contributed by atoms with Gasteiger partial charge in [-0.25, -0.2) is 4.98 Å². The number of rotatable bonds is 4. The van der Waals surface area contributed by atoms with E-state index < -0.39 is 12.7 Å². The molecule has 96 valence electrons. The van der Waals surface area contributed by atoms with Crippen LogP contribution >= 0.6 is 15.9 Å². The first kappa shape index (κ1) is 14.0. The van der Waals surface area contributed by atoms with Crippen molar-refractivity contribution in [3.05, 3.63) is 10.7 Å². The lowest BCUT2D eigenvalue weighted by molar-refractivity contribution is -0.119. The van der Waals surface area contributed by atoms with Gasteiger partial charge in [0.1, 0.15) is 6.54 Å². The van der Waals surface area contributed by atoms with Gasteiger partial charge >= 0.3 is 6.18 Å². The molecule has 0 fully saturated rings. The summed E-state index contributed by atoms with van der Waals surface area (Å²) in [5, 5.41) is 0. The minimum absolute atomic E-state index is 0.00937. The van der Waals surface area contributed by atoms with Crippen molar-refractivity contribution in [3.8, 4) is 5.88 Å². The van der Waals surface area contributed by atoms with E-state index in [1.807, 2.05) is 0 Å². The van der Waals surface area contributed by atoms with E-state index in [1.165, 1.54) is 13.3 Å². The number of anilines is 1. The topological polar surface area (TPSA) is 38.2 Å². The third kappa shape index (κ3) is 4.03. The van der Waals surface area contributed by atoms with Gasteiger partial charge in [0.05, 0.1) is 17.8 Å². The minimum Gasteiger partial charge on any atom is -0.480 e.